The second-order valence-corrected chi connectivity index (χ2v) is 8.93. The molecule has 184 valence electrons. The average molecular weight is 487 g/mol. The topological polar surface area (TPSA) is 81.7 Å². The van der Waals surface area contributed by atoms with Gasteiger partial charge in [0.2, 0.25) is 11.9 Å². The highest BCUT2D eigenvalue weighted by molar-refractivity contribution is 5.94. The molecule has 3 aromatic rings. The minimum absolute atomic E-state index is 0.0994. The summed E-state index contributed by atoms with van der Waals surface area (Å²) in [6, 6.07) is 15.6. The van der Waals surface area contributed by atoms with Gasteiger partial charge in [0.15, 0.2) is 0 Å². The Morgan fingerprint density at radius 3 is 2.53 bits per heavy atom. The third kappa shape index (κ3) is 4.91. The number of benzene rings is 2. The first-order valence-corrected chi connectivity index (χ1v) is 11.9. The van der Waals surface area contributed by atoms with Crippen molar-refractivity contribution in [2.45, 2.75) is 32.0 Å². The predicted octanol–water partition coefficient (Wildman–Crippen LogP) is 4.48. The minimum Gasteiger partial charge on any atom is -0.339 e. The summed E-state index contributed by atoms with van der Waals surface area (Å²) in [4.78, 5) is 40.4. The van der Waals surface area contributed by atoms with Gasteiger partial charge < -0.3 is 15.1 Å². The number of hydrogen-bond donors (Lipinski definition) is 1. The van der Waals surface area contributed by atoms with Crippen molar-refractivity contribution in [1.82, 2.24) is 19.8 Å². The first-order chi connectivity index (χ1) is 17.5. The highest BCUT2D eigenvalue weighted by atomic mass is 19.1. The Bertz CT molecular complexity index is 1260. The van der Waals surface area contributed by atoms with Crippen molar-refractivity contribution >= 4 is 29.4 Å². The Morgan fingerprint density at radius 2 is 1.83 bits per heavy atom. The summed E-state index contributed by atoms with van der Waals surface area (Å²) in [5.41, 5.74) is 2.53. The molecule has 0 saturated carbocycles. The number of halogens is 1. The van der Waals surface area contributed by atoms with Gasteiger partial charge in [-0.25, -0.2) is 14.2 Å². The predicted molar refractivity (Wildman–Crippen MR) is 135 cm³/mol. The molecule has 2 aromatic carbocycles. The van der Waals surface area contributed by atoms with E-state index in [1.54, 1.807) is 33.0 Å². The van der Waals surface area contributed by atoms with Gasteiger partial charge in [-0.3, -0.25) is 9.69 Å². The summed E-state index contributed by atoms with van der Waals surface area (Å²) in [5.74, 6) is 0.465. The zero-order valence-corrected chi connectivity index (χ0v) is 19.8. The molecule has 0 atom stereocenters. The molecule has 1 aromatic heterocycles. The smallest absolute Gasteiger partial charge is 0.326 e. The lowest BCUT2D eigenvalue weighted by Gasteiger charge is -2.43. The Morgan fingerprint density at radius 1 is 1.11 bits per heavy atom. The molecule has 2 aliphatic rings. The molecule has 8 nitrogen and oxygen atoms in total. The average Bonchev–Trinajstić information content (AvgIpc) is 2.91. The van der Waals surface area contributed by atoms with Crippen molar-refractivity contribution < 1.29 is 14.0 Å². The number of likely N-dealkylation sites (tertiary alicyclic amines) is 1. The first-order valence-electron chi connectivity index (χ1n) is 11.9. The minimum atomic E-state index is -0.330. The van der Waals surface area contributed by atoms with Gasteiger partial charge in [-0.2, -0.15) is 4.98 Å². The fourth-order valence-electron chi connectivity index (χ4n) is 4.69. The summed E-state index contributed by atoms with van der Waals surface area (Å²) >= 11 is 0. The largest absolute Gasteiger partial charge is 0.339 e. The van der Waals surface area contributed by atoms with E-state index < -0.39 is 0 Å². The fraction of sp³-hybridized carbons (Fsp3) is 0.259. The Labute approximate surface area is 209 Å². The number of amides is 3. The molecule has 0 radical (unpaired) electrons. The van der Waals surface area contributed by atoms with Crippen LogP contribution in [0, 0.1) is 5.82 Å². The van der Waals surface area contributed by atoms with Crippen LogP contribution in [-0.4, -0.2) is 50.8 Å². The lowest BCUT2D eigenvalue weighted by atomic mass is 10.0. The van der Waals surface area contributed by atoms with Gasteiger partial charge in [0.1, 0.15) is 11.6 Å². The lowest BCUT2D eigenvalue weighted by molar-refractivity contribution is -0.126. The van der Waals surface area contributed by atoms with E-state index in [-0.39, 0.29) is 23.8 Å². The molecular weight excluding hydrogens is 459 g/mol. The van der Waals surface area contributed by atoms with Crippen LogP contribution >= 0.6 is 0 Å². The van der Waals surface area contributed by atoms with Crippen LogP contribution in [-0.2, 0) is 17.9 Å². The number of hydrogen-bond acceptors (Lipinski definition) is 5. The first kappa shape index (κ1) is 23.5. The van der Waals surface area contributed by atoms with Crippen molar-refractivity contribution in [3.05, 3.63) is 90.4 Å². The molecule has 0 unspecified atom stereocenters. The third-order valence-corrected chi connectivity index (χ3v) is 6.54. The van der Waals surface area contributed by atoms with E-state index in [0.29, 0.717) is 56.5 Å². The van der Waals surface area contributed by atoms with Gasteiger partial charge in [0, 0.05) is 43.1 Å². The van der Waals surface area contributed by atoms with Crippen molar-refractivity contribution in [3.63, 3.8) is 0 Å². The molecule has 36 heavy (non-hydrogen) atoms. The molecule has 5 rings (SSSR count). The highest BCUT2D eigenvalue weighted by Crippen LogP contribution is 2.33. The van der Waals surface area contributed by atoms with Gasteiger partial charge in [-0.15, -0.1) is 0 Å². The zero-order valence-electron chi connectivity index (χ0n) is 19.8. The van der Waals surface area contributed by atoms with Gasteiger partial charge in [0.25, 0.3) is 0 Å². The Balaban J connectivity index is 1.44. The number of aromatic nitrogens is 2. The SMILES string of the molecule is C=CC(=O)N1CCC(N2C(=O)N(Cc3ccccc3)Cc3cnc(Nc4ccc(F)cc4)nc32)CC1. The molecule has 2 aliphatic heterocycles. The summed E-state index contributed by atoms with van der Waals surface area (Å²) in [5, 5.41) is 3.10. The normalized spacial score (nSPS) is 16.0. The van der Waals surface area contributed by atoms with Crippen LogP contribution < -0.4 is 10.2 Å². The maximum absolute atomic E-state index is 13.8. The third-order valence-electron chi connectivity index (χ3n) is 6.54. The van der Waals surface area contributed by atoms with Gasteiger partial charge in [-0.1, -0.05) is 36.9 Å². The monoisotopic (exact) mass is 486 g/mol. The van der Waals surface area contributed by atoms with Crippen LogP contribution in [0.5, 0.6) is 0 Å². The van der Waals surface area contributed by atoms with E-state index in [1.807, 2.05) is 30.3 Å². The zero-order chi connectivity index (χ0) is 25.1. The van der Waals surface area contributed by atoms with Crippen LogP contribution in [0.15, 0.2) is 73.4 Å². The molecule has 1 N–H and O–H groups in total. The lowest BCUT2D eigenvalue weighted by Crippen LogP contribution is -2.55. The number of nitrogens with one attached hydrogen (secondary N) is 1. The van der Waals surface area contributed by atoms with Crippen LogP contribution in [0.1, 0.15) is 24.0 Å². The second kappa shape index (κ2) is 10.2. The highest BCUT2D eigenvalue weighted by Gasteiger charge is 2.38. The van der Waals surface area contributed by atoms with E-state index in [9.17, 15) is 14.0 Å². The van der Waals surface area contributed by atoms with Crippen LogP contribution in [0.4, 0.5) is 26.6 Å². The van der Waals surface area contributed by atoms with E-state index in [0.717, 1.165) is 11.1 Å². The maximum Gasteiger partial charge on any atom is 0.326 e. The van der Waals surface area contributed by atoms with E-state index in [2.05, 4.69) is 16.9 Å². The van der Waals surface area contributed by atoms with E-state index >= 15 is 0 Å². The van der Waals surface area contributed by atoms with E-state index in [4.69, 9.17) is 4.98 Å². The van der Waals surface area contributed by atoms with Crippen molar-refractivity contribution in [1.29, 1.82) is 0 Å². The van der Waals surface area contributed by atoms with Crippen LogP contribution in [0.25, 0.3) is 0 Å². The summed E-state index contributed by atoms with van der Waals surface area (Å²) in [7, 11) is 0. The van der Waals surface area contributed by atoms with Crippen LogP contribution in [0.2, 0.25) is 0 Å². The molecule has 1 fully saturated rings. The molecule has 3 heterocycles. The number of fused-ring (bicyclic) bond motifs is 1. The number of carbonyl (C=O) groups is 2. The number of nitrogens with zero attached hydrogens (tertiary/aromatic N) is 5. The van der Waals surface area contributed by atoms with Crippen molar-refractivity contribution in [2.24, 2.45) is 0 Å². The molecule has 1 saturated heterocycles. The van der Waals surface area contributed by atoms with Crippen LogP contribution in [0.3, 0.4) is 0 Å². The summed E-state index contributed by atoms with van der Waals surface area (Å²) in [6.07, 6.45) is 4.33. The fourth-order valence-corrected chi connectivity index (χ4v) is 4.69. The molecule has 9 heteroatoms. The molecule has 0 aliphatic carbocycles. The number of carbonyl (C=O) groups excluding carboxylic acids is 2. The van der Waals surface area contributed by atoms with Gasteiger partial charge in [-0.05, 0) is 48.7 Å². The van der Waals surface area contributed by atoms with E-state index in [1.165, 1.54) is 18.2 Å². The number of piperidine rings is 1. The summed E-state index contributed by atoms with van der Waals surface area (Å²) < 4.78 is 13.3. The quantitative estimate of drug-likeness (QED) is 0.520. The number of rotatable bonds is 6. The standard InChI is InChI=1S/C27H27FN6O2/c1-2-24(35)32-14-12-23(13-15-32)34-25-20(18-33(27(34)36)17-19-6-4-3-5-7-19)16-29-26(31-25)30-22-10-8-21(28)9-11-22/h2-11,16,23H,1,12-15,17-18H2,(H,29,30,31). The van der Waals surface area contributed by atoms with Crippen molar-refractivity contribution in [3.8, 4) is 0 Å². The Kier molecular flexibility index (Phi) is 6.62. The second-order valence-electron chi connectivity index (χ2n) is 8.93. The maximum atomic E-state index is 13.8. The molecule has 0 bridgehead atoms. The van der Waals surface area contributed by atoms with Gasteiger partial charge >= 0.3 is 6.03 Å². The number of urea groups is 1. The molecule has 0 spiro atoms. The Hall–Kier alpha value is -4.27. The summed E-state index contributed by atoms with van der Waals surface area (Å²) in [6.45, 7) is 5.52. The molecular formula is C27H27FN6O2. The number of anilines is 3. The van der Waals surface area contributed by atoms with Crippen molar-refractivity contribution in [2.75, 3.05) is 23.3 Å². The molecule has 3 amide bonds. The van der Waals surface area contributed by atoms with Gasteiger partial charge in [0.05, 0.1) is 6.54 Å².